The second kappa shape index (κ2) is 8.67. The number of halogens is 1. The third-order valence-electron chi connectivity index (χ3n) is 6.29. The van der Waals surface area contributed by atoms with Crippen LogP contribution in [-0.2, 0) is 20.1 Å². The van der Waals surface area contributed by atoms with Crippen LogP contribution in [0.5, 0.6) is 0 Å². The summed E-state index contributed by atoms with van der Waals surface area (Å²) in [6, 6.07) is 10.3. The summed E-state index contributed by atoms with van der Waals surface area (Å²) >= 11 is 0. The van der Waals surface area contributed by atoms with E-state index < -0.39 is 0 Å². The standard InChI is InChI=1S/C25H28FN5O/c1-16-24(18(3)30(5)28-16)17(2)29(4)15-21-12-20-6-7-22(26)13-23(20)31(25(21)32)14-19-8-10-27-11-9-19/h6-13,17H,14-15H2,1-5H3/t17-/m0/s1. The molecule has 0 fully saturated rings. The number of nitrogens with zero attached hydrogens (tertiary/aromatic N) is 5. The van der Waals surface area contributed by atoms with Crippen molar-refractivity contribution in [1.29, 1.82) is 0 Å². The fraction of sp³-hybridized carbons (Fsp3) is 0.320. The van der Waals surface area contributed by atoms with E-state index in [1.807, 2.05) is 43.9 Å². The lowest BCUT2D eigenvalue weighted by Gasteiger charge is -2.26. The van der Waals surface area contributed by atoms with Crippen molar-refractivity contribution < 1.29 is 4.39 Å². The molecule has 0 aliphatic carbocycles. The Morgan fingerprint density at radius 3 is 2.50 bits per heavy atom. The average Bonchev–Trinajstić information content (AvgIpc) is 3.02. The van der Waals surface area contributed by atoms with Gasteiger partial charge in [0.15, 0.2) is 0 Å². The van der Waals surface area contributed by atoms with Crippen LogP contribution in [0.2, 0.25) is 0 Å². The Bertz CT molecular complexity index is 1330. The van der Waals surface area contributed by atoms with Crippen LogP contribution in [0.3, 0.4) is 0 Å². The van der Waals surface area contributed by atoms with Crippen LogP contribution in [-0.4, -0.2) is 31.3 Å². The summed E-state index contributed by atoms with van der Waals surface area (Å²) in [6.45, 7) is 7.03. The Morgan fingerprint density at radius 2 is 1.84 bits per heavy atom. The Kier molecular flexibility index (Phi) is 5.93. The molecule has 0 saturated carbocycles. The lowest BCUT2D eigenvalue weighted by Crippen LogP contribution is -2.30. The van der Waals surface area contributed by atoms with Crippen LogP contribution in [0.1, 0.15) is 41.0 Å². The van der Waals surface area contributed by atoms with Crippen LogP contribution in [0.25, 0.3) is 10.9 Å². The van der Waals surface area contributed by atoms with E-state index in [2.05, 4.69) is 28.8 Å². The first-order valence-corrected chi connectivity index (χ1v) is 10.7. The van der Waals surface area contributed by atoms with Gasteiger partial charge in [-0.1, -0.05) is 0 Å². The first-order valence-electron chi connectivity index (χ1n) is 10.7. The molecular formula is C25H28FN5O. The highest BCUT2D eigenvalue weighted by Gasteiger charge is 2.21. The molecule has 4 rings (SSSR count). The molecule has 0 bridgehead atoms. The van der Waals surface area contributed by atoms with Gasteiger partial charge in [-0.3, -0.25) is 19.4 Å². The number of benzene rings is 1. The highest BCUT2D eigenvalue weighted by atomic mass is 19.1. The Hall–Kier alpha value is -3.32. The SMILES string of the molecule is Cc1nn(C)c(C)c1[C@H](C)N(C)Cc1cc2ccc(F)cc2n(Cc2ccncc2)c1=O. The van der Waals surface area contributed by atoms with Crippen LogP contribution in [0.15, 0.2) is 53.6 Å². The van der Waals surface area contributed by atoms with Gasteiger partial charge >= 0.3 is 0 Å². The molecule has 1 aromatic carbocycles. The fourth-order valence-electron chi connectivity index (χ4n) is 4.37. The number of aromatic nitrogens is 4. The van der Waals surface area contributed by atoms with Gasteiger partial charge in [0.05, 0.1) is 17.8 Å². The molecule has 0 radical (unpaired) electrons. The third-order valence-corrected chi connectivity index (χ3v) is 6.29. The van der Waals surface area contributed by atoms with Gasteiger partial charge in [-0.2, -0.15) is 5.10 Å². The van der Waals surface area contributed by atoms with Crippen LogP contribution in [0, 0.1) is 19.7 Å². The molecule has 7 heteroatoms. The minimum atomic E-state index is -0.360. The van der Waals surface area contributed by atoms with Crippen molar-refractivity contribution in [1.82, 2.24) is 24.2 Å². The summed E-state index contributed by atoms with van der Waals surface area (Å²) in [4.78, 5) is 19.7. The molecule has 1 atom stereocenters. The predicted octanol–water partition coefficient (Wildman–Crippen LogP) is 4.13. The van der Waals surface area contributed by atoms with E-state index in [-0.39, 0.29) is 17.4 Å². The Labute approximate surface area is 186 Å². The predicted molar refractivity (Wildman–Crippen MR) is 124 cm³/mol. The van der Waals surface area contributed by atoms with Gasteiger partial charge in [-0.05, 0) is 75.2 Å². The van der Waals surface area contributed by atoms with Crippen molar-refractivity contribution >= 4 is 10.9 Å². The van der Waals surface area contributed by atoms with Crippen molar-refractivity contribution in [2.24, 2.45) is 7.05 Å². The van der Waals surface area contributed by atoms with E-state index in [9.17, 15) is 9.18 Å². The molecule has 0 saturated heterocycles. The second-order valence-corrected chi connectivity index (χ2v) is 8.42. The molecule has 4 aromatic rings. The van der Waals surface area contributed by atoms with Crippen molar-refractivity contribution in [2.75, 3.05) is 7.05 Å². The molecule has 32 heavy (non-hydrogen) atoms. The van der Waals surface area contributed by atoms with Gasteiger partial charge in [0.2, 0.25) is 0 Å². The highest BCUT2D eigenvalue weighted by molar-refractivity contribution is 5.79. The summed E-state index contributed by atoms with van der Waals surface area (Å²) in [6.07, 6.45) is 3.39. The molecule has 0 spiro atoms. The maximum Gasteiger partial charge on any atom is 0.255 e. The van der Waals surface area contributed by atoms with Crippen molar-refractivity contribution in [3.8, 4) is 0 Å². The van der Waals surface area contributed by atoms with Crippen LogP contribution >= 0.6 is 0 Å². The first kappa shape index (κ1) is 21.9. The first-order chi connectivity index (χ1) is 15.3. The fourth-order valence-corrected chi connectivity index (χ4v) is 4.37. The molecular weight excluding hydrogens is 405 g/mol. The largest absolute Gasteiger partial charge is 0.303 e. The second-order valence-electron chi connectivity index (χ2n) is 8.42. The average molecular weight is 434 g/mol. The number of aryl methyl sites for hydroxylation is 2. The third kappa shape index (κ3) is 4.08. The zero-order valence-corrected chi connectivity index (χ0v) is 19.1. The van der Waals surface area contributed by atoms with Gasteiger partial charge in [-0.15, -0.1) is 0 Å². The van der Waals surface area contributed by atoms with E-state index in [0.29, 0.717) is 24.2 Å². The summed E-state index contributed by atoms with van der Waals surface area (Å²) in [5.41, 5.74) is 5.37. The normalized spacial score (nSPS) is 12.6. The van der Waals surface area contributed by atoms with Crippen molar-refractivity contribution in [2.45, 2.75) is 39.9 Å². The maximum absolute atomic E-state index is 14.0. The van der Waals surface area contributed by atoms with Gasteiger partial charge in [0.25, 0.3) is 5.56 Å². The number of rotatable bonds is 6. The molecule has 0 unspecified atom stereocenters. The molecule has 3 heterocycles. The summed E-state index contributed by atoms with van der Waals surface area (Å²) in [5, 5.41) is 5.37. The van der Waals surface area contributed by atoms with Gasteiger partial charge < -0.3 is 4.57 Å². The molecule has 3 aromatic heterocycles. The van der Waals surface area contributed by atoms with Crippen molar-refractivity contribution in [3.05, 3.63) is 93.0 Å². The topological polar surface area (TPSA) is 56.0 Å². The van der Waals surface area contributed by atoms with Crippen molar-refractivity contribution in [3.63, 3.8) is 0 Å². The smallest absolute Gasteiger partial charge is 0.255 e. The van der Waals surface area contributed by atoms with Gasteiger partial charge in [0.1, 0.15) is 5.82 Å². The number of hydrogen-bond acceptors (Lipinski definition) is 4. The minimum absolute atomic E-state index is 0.0839. The van der Waals surface area contributed by atoms with E-state index >= 15 is 0 Å². The Balaban J connectivity index is 1.75. The summed E-state index contributed by atoms with van der Waals surface area (Å²) in [7, 11) is 3.96. The molecule has 0 aliphatic heterocycles. The Morgan fingerprint density at radius 1 is 1.12 bits per heavy atom. The van der Waals surface area contributed by atoms with Gasteiger partial charge in [0, 0.05) is 48.8 Å². The van der Waals surface area contributed by atoms with Crippen LogP contribution < -0.4 is 5.56 Å². The monoisotopic (exact) mass is 433 g/mol. The van der Waals surface area contributed by atoms with E-state index in [4.69, 9.17) is 0 Å². The summed E-state index contributed by atoms with van der Waals surface area (Å²) in [5.74, 6) is -0.360. The zero-order valence-electron chi connectivity index (χ0n) is 19.1. The zero-order chi connectivity index (χ0) is 23.0. The van der Waals surface area contributed by atoms with E-state index in [1.165, 1.54) is 17.7 Å². The molecule has 0 N–H and O–H groups in total. The minimum Gasteiger partial charge on any atom is -0.303 e. The van der Waals surface area contributed by atoms with E-state index in [1.54, 1.807) is 23.0 Å². The number of fused-ring (bicyclic) bond motifs is 1. The molecule has 6 nitrogen and oxygen atoms in total. The van der Waals surface area contributed by atoms with E-state index in [0.717, 1.165) is 22.3 Å². The van der Waals surface area contributed by atoms with Gasteiger partial charge in [-0.25, -0.2) is 4.39 Å². The number of hydrogen-bond donors (Lipinski definition) is 0. The maximum atomic E-state index is 14.0. The lowest BCUT2D eigenvalue weighted by molar-refractivity contribution is 0.250. The van der Waals surface area contributed by atoms with Crippen LogP contribution in [0.4, 0.5) is 4.39 Å². The highest BCUT2D eigenvalue weighted by Crippen LogP contribution is 2.26. The molecule has 0 aliphatic rings. The molecule has 166 valence electrons. The quantitative estimate of drug-likeness (QED) is 0.459. The number of pyridine rings is 2. The lowest BCUT2D eigenvalue weighted by atomic mass is 10.0. The molecule has 0 amide bonds. The summed E-state index contributed by atoms with van der Waals surface area (Å²) < 4.78 is 17.6.